The molecule has 25 heavy (non-hydrogen) atoms. The number of esters is 1. The fraction of sp³-hybridized carbons (Fsp3) is 0.412. The van der Waals surface area contributed by atoms with Crippen LogP contribution in [0, 0.1) is 5.82 Å². The number of nitrogens with zero attached hydrogens (tertiary/aromatic N) is 2. The molecule has 0 fully saturated rings. The Morgan fingerprint density at radius 2 is 2.20 bits per heavy atom. The number of hydrogen-bond acceptors (Lipinski definition) is 5. The number of aromatic nitrogens is 1. The number of hydrogen-bond donors (Lipinski definition) is 0. The van der Waals surface area contributed by atoms with Gasteiger partial charge in [-0.3, -0.25) is 9.69 Å². The highest BCUT2D eigenvalue weighted by molar-refractivity contribution is 7.99. The first kappa shape index (κ1) is 18.2. The zero-order valence-corrected chi connectivity index (χ0v) is 15.7. The van der Waals surface area contributed by atoms with E-state index in [0.717, 1.165) is 5.75 Å². The monoisotopic (exact) mass is 384 g/mol. The summed E-state index contributed by atoms with van der Waals surface area (Å²) in [4.78, 5) is 26.8. The van der Waals surface area contributed by atoms with Gasteiger partial charge in [0.25, 0.3) is 0 Å². The number of ether oxygens (including phenoxy) is 1. The second-order valence-electron chi connectivity index (χ2n) is 5.92. The first-order valence-electron chi connectivity index (χ1n) is 7.87. The Hall–Kier alpha value is -1.57. The standard InChI is InChI=1S/C17H18ClFN2O3S/c1-4-24-17(23)13-14(22)10-7-11(19)9(15(18)20(2)3)8-12(10)21-5-6-25-16(13)21/h7-8,15H,4-6H2,1-3H3. The quantitative estimate of drug-likeness (QED) is 0.460. The zero-order chi connectivity index (χ0) is 18.3. The second kappa shape index (κ2) is 6.97. The van der Waals surface area contributed by atoms with Crippen LogP contribution < -0.4 is 5.43 Å². The first-order chi connectivity index (χ1) is 11.9. The van der Waals surface area contributed by atoms with Crippen molar-refractivity contribution in [3.8, 4) is 0 Å². The van der Waals surface area contributed by atoms with Crippen LogP contribution in [0.15, 0.2) is 22.0 Å². The molecule has 1 aliphatic heterocycles. The van der Waals surface area contributed by atoms with Crippen LogP contribution >= 0.6 is 23.4 Å². The highest BCUT2D eigenvalue weighted by Gasteiger charge is 2.28. The molecule has 0 N–H and O–H groups in total. The Kier molecular flexibility index (Phi) is 5.09. The second-order valence-corrected chi connectivity index (χ2v) is 7.42. The van der Waals surface area contributed by atoms with E-state index < -0.39 is 22.7 Å². The Bertz CT molecular complexity index is 913. The van der Waals surface area contributed by atoms with E-state index in [-0.39, 0.29) is 17.6 Å². The molecule has 1 unspecified atom stereocenters. The highest BCUT2D eigenvalue weighted by Crippen LogP contribution is 2.34. The third-order valence-electron chi connectivity index (χ3n) is 4.08. The molecule has 134 valence electrons. The summed E-state index contributed by atoms with van der Waals surface area (Å²) in [6.07, 6.45) is 0. The lowest BCUT2D eigenvalue weighted by atomic mass is 10.1. The van der Waals surface area contributed by atoms with Gasteiger partial charge in [0.05, 0.1) is 17.1 Å². The summed E-state index contributed by atoms with van der Waals surface area (Å²) in [6.45, 7) is 2.48. The van der Waals surface area contributed by atoms with Crippen molar-refractivity contribution in [1.29, 1.82) is 0 Å². The topological polar surface area (TPSA) is 51.5 Å². The molecule has 0 bridgehead atoms. The molecule has 3 rings (SSSR count). The Labute approximate surface area is 153 Å². The summed E-state index contributed by atoms with van der Waals surface area (Å²) in [5.74, 6) is -0.504. The predicted molar refractivity (Wildman–Crippen MR) is 97.1 cm³/mol. The third-order valence-corrected chi connectivity index (χ3v) is 5.79. The number of carbonyl (C=O) groups excluding carboxylic acids is 1. The van der Waals surface area contributed by atoms with E-state index in [2.05, 4.69) is 0 Å². The van der Waals surface area contributed by atoms with E-state index in [4.69, 9.17) is 16.3 Å². The van der Waals surface area contributed by atoms with Gasteiger partial charge in [-0.25, -0.2) is 9.18 Å². The van der Waals surface area contributed by atoms with Crippen molar-refractivity contribution in [3.05, 3.63) is 39.3 Å². The maximum atomic E-state index is 14.6. The number of halogens is 2. The minimum atomic E-state index is -0.666. The molecule has 1 atom stereocenters. The van der Waals surface area contributed by atoms with Crippen LogP contribution in [-0.4, -0.2) is 41.9 Å². The molecule has 2 aromatic rings. The van der Waals surface area contributed by atoms with Gasteiger partial charge >= 0.3 is 5.97 Å². The molecule has 1 aromatic carbocycles. The Morgan fingerprint density at radius 3 is 2.84 bits per heavy atom. The molecule has 0 spiro atoms. The van der Waals surface area contributed by atoms with Gasteiger partial charge in [0, 0.05) is 23.2 Å². The number of benzene rings is 1. The fourth-order valence-electron chi connectivity index (χ4n) is 2.91. The largest absolute Gasteiger partial charge is 0.462 e. The predicted octanol–water partition coefficient (Wildman–Crippen LogP) is 3.22. The fourth-order valence-corrected chi connectivity index (χ4v) is 4.21. The summed E-state index contributed by atoms with van der Waals surface area (Å²) < 4.78 is 21.5. The number of pyridine rings is 1. The third kappa shape index (κ3) is 3.05. The van der Waals surface area contributed by atoms with Gasteiger partial charge < -0.3 is 9.30 Å². The summed E-state index contributed by atoms with van der Waals surface area (Å²) in [5.41, 5.74) is -0.292. The molecule has 1 aromatic heterocycles. The lowest BCUT2D eigenvalue weighted by Gasteiger charge is -2.20. The Balaban J connectivity index is 2.32. The number of carbonyl (C=O) groups is 1. The maximum absolute atomic E-state index is 14.6. The van der Waals surface area contributed by atoms with Gasteiger partial charge in [-0.05, 0) is 33.2 Å². The summed E-state index contributed by atoms with van der Waals surface area (Å²) in [6, 6.07) is 2.78. The molecule has 0 radical (unpaired) electrons. The number of alkyl halides is 1. The minimum Gasteiger partial charge on any atom is -0.462 e. The van der Waals surface area contributed by atoms with Gasteiger partial charge in [-0.15, -0.1) is 23.4 Å². The van der Waals surface area contributed by atoms with Crippen molar-refractivity contribution in [2.75, 3.05) is 26.5 Å². The molecule has 0 amide bonds. The zero-order valence-electron chi connectivity index (χ0n) is 14.1. The van der Waals surface area contributed by atoms with Crippen LogP contribution in [0.1, 0.15) is 28.3 Å². The van der Waals surface area contributed by atoms with E-state index in [1.54, 1.807) is 32.0 Å². The van der Waals surface area contributed by atoms with Gasteiger partial charge in [0.15, 0.2) is 0 Å². The number of fused-ring (bicyclic) bond motifs is 3. The van der Waals surface area contributed by atoms with Crippen molar-refractivity contribution in [1.82, 2.24) is 9.47 Å². The number of rotatable bonds is 4. The molecule has 1 aliphatic rings. The summed E-state index contributed by atoms with van der Waals surface area (Å²) in [5, 5.41) is 0.739. The average Bonchev–Trinajstić information content (AvgIpc) is 3.03. The minimum absolute atomic E-state index is 0.0148. The normalized spacial score (nSPS) is 14.8. The van der Waals surface area contributed by atoms with Crippen molar-refractivity contribution in [2.24, 2.45) is 0 Å². The lowest BCUT2D eigenvalue weighted by molar-refractivity contribution is 0.0519. The van der Waals surface area contributed by atoms with E-state index in [0.29, 0.717) is 22.7 Å². The molecule has 5 nitrogen and oxygen atoms in total. The maximum Gasteiger partial charge on any atom is 0.344 e. The van der Waals surface area contributed by atoms with Gasteiger partial charge in [0.1, 0.15) is 16.9 Å². The van der Waals surface area contributed by atoms with Gasteiger partial charge in [-0.1, -0.05) is 0 Å². The van der Waals surface area contributed by atoms with Crippen LogP contribution in [0.2, 0.25) is 0 Å². The molecule has 0 aliphatic carbocycles. The molecule has 0 saturated heterocycles. The van der Waals surface area contributed by atoms with E-state index in [1.807, 2.05) is 4.57 Å². The van der Waals surface area contributed by atoms with Crippen LogP contribution in [0.3, 0.4) is 0 Å². The van der Waals surface area contributed by atoms with Crippen molar-refractivity contribution in [2.45, 2.75) is 24.0 Å². The Morgan fingerprint density at radius 1 is 1.48 bits per heavy atom. The molecular weight excluding hydrogens is 367 g/mol. The number of aryl methyl sites for hydroxylation is 1. The smallest absolute Gasteiger partial charge is 0.344 e. The highest BCUT2D eigenvalue weighted by atomic mass is 35.5. The van der Waals surface area contributed by atoms with Crippen LogP contribution in [0.25, 0.3) is 10.9 Å². The van der Waals surface area contributed by atoms with Gasteiger partial charge in [-0.2, -0.15) is 0 Å². The molecule has 2 heterocycles. The van der Waals surface area contributed by atoms with E-state index >= 15 is 0 Å². The van der Waals surface area contributed by atoms with Crippen molar-refractivity contribution in [3.63, 3.8) is 0 Å². The summed E-state index contributed by atoms with van der Waals surface area (Å²) in [7, 11) is 3.50. The lowest BCUT2D eigenvalue weighted by Crippen LogP contribution is -2.23. The summed E-state index contributed by atoms with van der Waals surface area (Å²) >= 11 is 7.71. The molecular formula is C17H18ClFN2O3S. The van der Waals surface area contributed by atoms with Crippen molar-refractivity contribution >= 4 is 40.2 Å². The van der Waals surface area contributed by atoms with E-state index in [1.165, 1.54) is 17.8 Å². The van der Waals surface area contributed by atoms with E-state index in [9.17, 15) is 14.0 Å². The van der Waals surface area contributed by atoms with Crippen molar-refractivity contribution < 1.29 is 13.9 Å². The van der Waals surface area contributed by atoms with Crippen LogP contribution in [0.5, 0.6) is 0 Å². The first-order valence-corrected chi connectivity index (χ1v) is 9.29. The molecule has 0 saturated carbocycles. The van der Waals surface area contributed by atoms with Crippen LogP contribution in [0.4, 0.5) is 4.39 Å². The van der Waals surface area contributed by atoms with Crippen LogP contribution in [-0.2, 0) is 11.3 Å². The SMILES string of the molecule is CCOC(=O)c1c2n(c3cc(C(Cl)N(C)C)c(F)cc3c1=O)CCS2. The number of thioether (sulfide) groups is 1. The van der Waals surface area contributed by atoms with Gasteiger partial charge in [0.2, 0.25) is 5.43 Å². The average molecular weight is 385 g/mol. The molecule has 8 heteroatoms.